The molecule has 1 aromatic carbocycles. The van der Waals surface area contributed by atoms with E-state index < -0.39 is 0 Å². The lowest BCUT2D eigenvalue weighted by Gasteiger charge is -2.06. The third-order valence-electron chi connectivity index (χ3n) is 2.01. The van der Waals surface area contributed by atoms with Gasteiger partial charge in [-0.2, -0.15) is 0 Å². The topological polar surface area (TPSA) is 14.2 Å². The fraction of sp³-hybridized carbons (Fsp3) is 0.0909. The summed E-state index contributed by atoms with van der Waals surface area (Å²) in [5.74, 6) is 1.43. The molecule has 0 spiro atoms. The van der Waals surface area contributed by atoms with Crippen LogP contribution >= 0.6 is 23.2 Å². The van der Waals surface area contributed by atoms with Gasteiger partial charge in [0.05, 0.1) is 10.0 Å². The second kappa shape index (κ2) is 4.17. The van der Waals surface area contributed by atoms with Crippen LogP contribution in [-0.2, 0) is 7.05 Å². The molecule has 2 rings (SSSR count). The molecule has 1 heterocycles. The number of hydrogen-bond donors (Lipinski definition) is 0. The van der Waals surface area contributed by atoms with Crippen LogP contribution < -0.4 is 4.74 Å². The summed E-state index contributed by atoms with van der Waals surface area (Å²) in [5, 5.41) is 1.01. The summed E-state index contributed by atoms with van der Waals surface area (Å²) >= 11 is 11.7. The van der Waals surface area contributed by atoms with E-state index in [1.54, 1.807) is 18.2 Å². The van der Waals surface area contributed by atoms with Crippen LogP contribution in [0, 0.1) is 0 Å². The second-order valence-electron chi connectivity index (χ2n) is 3.14. The molecule has 0 atom stereocenters. The Hall–Kier alpha value is -1.12. The molecule has 2 nitrogen and oxygen atoms in total. The Labute approximate surface area is 98.0 Å². The first-order chi connectivity index (χ1) is 7.16. The summed E-state index contributed by atoms with van der Waals surface area (Å²) in [6.07, 6.45) is 1.91. The van der Waals surface area contributed by atoms with Crippen molar-refractivity contribution in [1.82, 2.24) is 4.57 Å². The van der Waals surface area contributed by atoms with E-state index in [2.05, 4.69) is 0 Å². The third-order valence-corrected chi connectivity index (χ3v) is 2.75. The van der Waals surface area contributed by atoms with E-state index in [1.165, 1.54) is 0 Å². The van der Waals surface area contributed by atoms with Gasteiger partial charge in [0.15, 0.2) is 5.88 Å². The molecule has 1 aromatic heterocycles. The summed E-state index contributed by atoms with van der Waals surface area (Å²) in [4.78, 5) is 0. The first kappa shape index (κ1) is 10.4. The SMILES string of the molecule is Cn1cccc1Oc1ccc(Cl)c(Cl)c1. The van der Waals surface area contributed by atoms with Crippen molar-refractivity contribution in [3.05, 3.63) is 46.6 Å². The van der Waals surface area contributed by atoms with Crippen molar-refractivity contribution in [2.75, 3.05) is 0 Å². The molecule has 2 aromatic rings. The highest BCUT2D eigenvalue weighted by molar-refractivity contribution is 6.42. The number of ether oxygens (including phenoxy) is 1. The Morgan fingerprint density at radius 2 is 1.93 bits per heavy atom. The Morgan fingerprint density at radius 3 is 2.53 bits per heavy atom. The van der Waals surface area contributed by atoms with Gasteiger partial charge in [0.25, 0.3) is 0 Å². The average molecular weight is 242 g/mol. The van der Waals surface area contributed by atoms with Gasteiger partial charge in [0.1, 0.15) is 5.75 Å². The van der Waals surface area contributed by atoms with Crippen molar-refractivity contribution >= 4 is 23.2 Å². The quantitative estimate of drug-likeness (QED) is 0.772. The fourth-order valence-corrected chi connectivity index (χ4v) is 1.50. The number of nitrogens with zero attached hydrogens (tertiary/aromatic N) is 1. The maximum absolute atomic E-state index is 5.88. The van der Waals surface area contributed by atoms with E-state index >= 15 is 0 Å². The van der Waals surface area contributed by atoms with Crippen molar-refractivity contribution in [1.29, 1.82) is 0 Å². The summed E-state index contributed by atoms with van der Waals surface area (Å²) in [6, 6.07) is 8.97. The number of hydrogen-bond acceptors (Lipinski definition) is 1. The largest absolute Gasteiger partial charge is 0.441 e. The Bertz CT molecular complexity index is 479. The molecule has 0 unspecified atom stereocenters. The molecule has 4 heteroatoms. The van der Waals surface area contributed by atoms with Gasteiger partial charge in [-0.15, -0.1) is 0 Å². The summed E-state index contributed by atoms with van der Waals surface area (Å²) in [5.41, 5.74) is 0. The summed E-state index contributed by atoms with van der Waals surface area (Å²) < 4.78 is 7.48. The molecule has 0 radical (unpaired) electrons. The van der Waals surface area contributed by atoms with Gasteiger partial charge in [0, 0.05) is 25.4 Å². The zero-order valence-electron chi connectivity index (χ0n) is 8.08. The van der Waals surface area contributed by atoms with E-state index in [4.69, 9.17) is 27.9 Å². The van der Waals surface area contributed by atoms with E-state index in [1.807, 2.05) is 29.9 Å². The molecule has 0 aliphatic heterocycles. The van der Waals surface area contributed by atoms with Crippen LogP contribution in [0.15, 0.2) is 36.5 Å². The number of rotatable bonds is 2. The molecular weight excluding hydrogens is 233 g/mol. The summed E-state index contributed by atoms with van der Waals surface area (Å²) in [7, 11) is 1.91. The lowest BCUT2D eigenvalue weighted by atomic mass is 10.3. The predicted octanol–water partition coefficient (Wildman–Crippen LogP) is 4.12. The standard InChI is InChI=1S/C11H9Cl2NO/c1-14-6-2-3-11(14)15-8-4-5-9(12)10(13)7-8/h2-7H,1H3. The molecule has 0 fully saturated rings. The predicted molar refractivity (Wildman–Crippen MR) is 61.9 cm³/mol. The molecule has 0 saturated carbocycles. The van der Waals surface area contributed by atoms with Gasteiger partial charge in [-0.05, 0) is 18.2 Å². The van der Waals surface area contributed by atoms with Crippen molar-refractivity contribution in [3.8, 4) is 11.6 Å². The minimum absolute atomic E-state index is 0.489. The molecular formula is C11H9Cl2NO. The number of halogens is 2. The van der Waals surface area contributed by atoms with E-state index in [9.17, 15) is 0 Å². The minimum atomic E-state index is 0.489. The highest BCUT2D eigenvalue weighted by atomic mass is 35.5. The maximum Gasteiger partial charge on any atom is 0.199 e. The fourth-order valence-electron chi connectivity index (χ4n) is 1.21. The van der Waals surface area contributed by atoms with Gasteiger partial charge in [-0.1, -0.05) is 23.2 Å². The molecule has 78 valence electrons. The molecule has 0 aliphatic rings. The zero-order chi connectivity index (χ0) is 10.8. The highest BCUT2D eigenvalue weighted by Crippen LogP contribution is 2.29. The average Bonchev–Trinajstić information content (AvgIpc) is 2.59. The van der Waals surface area contributed by atoms with Crippen LogP contribution in [0.4, 0.5) is 0 Å². The molecule has 0 saturated heterocycles. The Kier molecular flexibility index (Phi) is 2.89. The van der Waals surface area contributed by atoms with Crippen molar-refractivity contribution in [2.24, 2.45) is 7.05 Å². The molecule has 0 bridgehead atoms. The van der Waals surface area contributed by atoms with Gasteiger partial charge in [-0.25, -0.2) is 0 Å². The minimum Gasteiger partial charge on any atom is -0.441 e. The van der Waals surface area contributed by atoms with Crippen molar-refractivity contribution in [2.45, 2.75) is 0 Å². The van der Waals surface area contributed by atoms with Crippen molar-refractivity contribution in [3.63, 3.8) is 0 Å². The first-order valence-electron chi connectivity index (χ1n) is 4.41. The van der Waals surface area contributed by atoms with Gasteiger partial charge >= 0.3 is 0 Å². The van der Waals surface area contributed by atoms with Crippen molar-refractivity contribution < 1.29 is 4.74 Å². The van der Waals surface area contributed by atoms with Crippen LogP contribution in [0.1, 0.15) is 0 Å². The van der Waals surface area contributed by atoms with Crippen LogP contribution in [0.25, 0.3) is 0 Å². The molecule has 0 amide bonds. The Balaban J connectivity index is 2.25. The molecule has 0 N–H and O–H groups in total. The highest BCUT2D eigenvalue weighted by Gasteiger charge is 2.03. The van der Waals surface area contributed by atoms with Crippen LogP contribution in [0.5, 0.6) is 11.6 Å². The summed E-state index contributed by atoms with van der Waals surface area (Å²) in [6.45, 7) is 0. The van der Waals surface area contributed by atoms with Gasteiger partial charge in [-0.3, -0.25) is 0 Å². The number of aryl methyl sites for hydroxylation is 1. The smallest absolute Gasteiger partial charge is 0.199 e. The zero-order valence-corrected chi connectivity index (χ0v) is 9.59. The van der Waals surface area contributed by atoms with Crippen LogP contribution in [0.3, 0.4) is 0 Å². The van der Waals surface area contributed by atoms with Gasteiger partial charge < -0.3 is 9.30 Å². The third kappa shape index (κ3) is 2.28. The maximum atomic E-state index is 5.88. The van der Waals surface area contributed by atoms with E-state index in [0.29, 0.717) is 15.8 Å². The van der Waals surface area contributed by atoms with Crippen LogP contribution in [-0.4, -0.2) is 4.57 Å². The molecule has 15 heavy (non-hydrogen) atoms. The number of benzene rings is 1. The van der Waals surface area contributed by atoms with Crippen LogP contribution in [0.2, 0.25) is 10.0 Å². The first-order valence-corrected chi connectivity index (χ1v) is 5.16. The lowest BCUT2D eigenvalue weighted by molar-refractivity contribution is 0.443. The normalized spacial score (nSPS) is 10.3. The second-order valence-corrected chi connectivity index (χ2v) is 3.95. The van der Waals surface area contributed by atoms with Gasteiger partial charge in [0.2, 0.25) is 0 Å². The Morgan fingerprint density at radius 1 is 1.13 bits per heavy atom. The monoisotopic (exact) mass is 241 g/mol. The van der Waals surface area contributed by atoms with E-state index in [-0.39, 0.29) is 0 Å². The number of aromatic nitrogens is 1. The van der Waals surface area contributed by atoms with E-state index in [0.717, 1.165) is 5.88 Å². The lowest BCUT2D eigenvalue weighted by Crippen LogP contribution is -1.91. The molecule has 0 aliphatic carbocycles.